The monoisotopic (exact) mass is 449 g/mol. The Balaban J connectivity index is 1.72. The topological polar surface area (TPSA) is 111 Å². The number of aliphatic imine (C=N–C) groups is 1. The van der Waals surface area contributed by atoms with Crippen LogP contribution >= 0.6 is 0 Å². The van der Waals surface area contributed by atoms with Gasteiger partial charge in [0.25, 0.3) is 0 Å². The minimum atomic E-state index is -5.27. The molecular weight excluding hydrogens is 423 g/mol. The van der Waals surface area contributed by atoms with Crippen LogP contribution in [-0.2, 0) is 20.0 Å². The molecular formula is C14H26F3N5O4S2. The molecule has 0 radical (unpaired) electrons. The van der Waals surface area contributed by atoms with Gasteiger partial charge >= 0.3 is 15.5 Å². The summed E-state index contributed by atoms with van der Waals surface area (Å²) >= 11 is 0. The van der Waals surface area contributed by atoms with E-state index in [1.807, 2.05) is 0 Å². The molecule has 0 aromatic heterocycles. The SMILES string of the molecule is CN=C(NCCN1CCCS1(=O)=O)NCC1CCN(S(=O)(=O)C(F)(F)F)CC1. The highest BCUT2D eigenvalue weighted by molar-refractivity contribution is 7.90. The van der Waals surface area contributed by atoms with Gasteiger partial charge in [0, 0.05) is 46.3 Å². The Morgan fingerprint density at radius 1 is 1.18 bits per heavy atom. The lowest BCUT2D eigenvalue weighted by molar-refractivity contribution is -0.0496. The Kier molecular flexibility index (Phi) is 7.56. The molecule has 2 rings (SSSR count). The van der Waals surface area contributed by atoms with Gasteiger partial charge in [0.1, 0.15) is 0 Å². The highest BCUT2D eigenvalue weighted by Crippen LogP contribution is 2.30. The number of sulfonamides is 2. The first kappa shape index (κ1) is 23.2. The summed E-state index contributed by atoms with van der Waals surface area (Å²) in [7, 11) is -6.86. The molecule has 2 aliphatic heterocycles. The van der Waals surface area contributed by atoms with Crippen molar-refractivity contribution in [2.45, 2.75) is 24.8 Å². The zero-order valence-electron chi connectivity index (χ0n) is 15.6. The largest absolute Gasteiger partial charge is 0.511 e. The van der Waals surface area contributed by atoms with E-state index in [9.17, 15) is 30.0 Å². The van der Waals surface area contributed by atoms with Crippen molar-refractivity contribution >= 4 is 26.0 Å². The number of alkyl halides is 3. The Labute approximate surface area is 163 Å². The Morgan fingerprint density at radius 2 is 1.82 bits per heavy atom. The maximum absolute atomic E-state index is 12.6. The van der Waals surface area contributed by atoms with Crippen LogP contribution in [0.5, 0.6) is 0 Å². The summed E-state index contributed by atoms with van der Waals surface area (Å²) in [5.41, 5.74) is -5.27. The zero-order chi connectivity index (χ0) is 21.0. The van der Waals surface area contributed by atoms with Gasteiger partial charge in [-0.3, -0.25) is 4.99 Å². The first-order valence-electron chi connectivity index (χ1n) is 8.96. The van der Waals surface area contributed by atoms with E-state index in [0.29, 0.717) is 55.7 Å². The molecule has 0 amide bonds. The van der Waals surface area contributed by atoms with Crippen molar-refractivity contribution in [1.29, 1.82) is 0 Å². The average molecular weight is 450 g/mol. The van der Waals surface area contributed by atoms with Crippen LogP contribution in [0.1, 0.15) is 19.3 Å². The van der Waals surface area contributed by atoms with E-state index in [-0.39, 0.29) is 24.8 Å². The lowest BCUT2D eigenvalue weighted by atomic mass is 9.98. The molecule has 28 heavy (non-hydrogen) atoms. The summed E-state index contributed by atoms with van der Waals surface area (Å²) in [6, 6.07) is 0. The molecule has 164 valence electrons. The number of rotatable bonds is 6. The molecule has 0 atom stereocenters. The molecule has 2 saturated heterocycles. The molecule has 0 aromatic rings. The maximum Gasteiger partial charge on any atom is 0.511 e. The molecule has 2 aliphatic rings. The molecule has 2 heterocycles. The number of guanidine groups is 1. The smallest absolute Gasteiger partial charge is 0.356 e. The Bertz CT molecular complexity index is 762. The van der Waals surface area contributed by atoms with Crippen LogP contribution in [0.2, 0.25) is 0 Å². The number of nitrogens with one attached hydrogen (secondary N) is 2. The van der Waals surface area contributed by atoms with Gasteiger partial charge in [0.15, 0.2) is 5.96 Å². The van der Waals surface area contributed by atoms with E-state index >= 15 is 0 Å². The molecule has 14 heteroatoms. The van der Waals surface area contributed by atoms with Crippen molar-refractivity contribution in [3.8, 4) is 0 Å². The summed E-state index contributed by atoms with van der Waals surface area (Å²) in [6.45, 7) is 1.30. The first-order valence-corrected chi connectivity index (χ1v) is 12.0. The molecule has 2 N–H and O–H groups in total. The van der Waals surface area contributed by atoms with E-state index in [1.54, 1.807) is 7.05 Å². The second-order valence-electron chi connectivity index (χ2n) is 6.74. The number of halogens is 3. The molecule has 0 aromatic carbocycles. The van der Waals surface area contributed by atoms with Crippen molar-refractivity contribution in [3.63, 3.8) is 0 Å². The lowest BCUT2D eigenvalue weighted by Crippen LogP contribution is -2.47. The maximum atomic E-state index is 12.6. The third kappa shape index (κ3) is 5.70. The molecule has 0 unspecified atom stereocenters. The average Bonchev–Trinajstić information content (AvgIpc) is 2.95. The summed E-state index contributed by atoms with van der Waals surface area (Å²) in [5.74, 6) is 0.641. The molecule has 0 spiro atoms. The van der Waals surface area contributed by atoms with Gasteiger partial charge in [-0.1, -0.05) is 0 Å². The fraction of sp³-hybridized carbons (Fsp3) is 0.929. The number of hydrogen-bond acceptors (Lipinski definition) is 5. The normalized spacial score (nSPS) is 23.1. The van der Waals surface area contributed by atoms with E-state index in [2.05, 4.69) is 15.6 Å². The van der Waals surface area contributed by atoms with Crippen molar-refractivity contribution < 1.29 is 30.0 Å². The quantitative estimate of drug-likeness (QED) is 0.427. The minimum Gasteiger partial charge on any atom is -0.356 e. The molecule has 2 fully saturated rings. The van der Waals surface area contributed by atoms with Gasteiger partial charge in [-0.05, 0) is 25.2 Å². The Hall–Kier alpha value is -1.12. The molecule has 0 aliphatic carbocycles. The summed E-state index contributed by atoms with van der Waals surface area (Å²) in [6.07, 6.45) is 1.24. The standard InChI is InChI=1S/C14H26F3N5O4S2/c1-18-13(19-5-9-21-6-2-10-27(21,23)24)20-11-12-3-7-22(8-4-12)28(25,26)14(15,16)17/h12H,2-11H2,1H3,(H2,18,19,20). The van der Waals surface area contributed by atoms with E-state index in [0.717, 1.165) is 0 Å². The third-order valence-corrected chi connectivity index (χ3v) is 8.43. The van der Waals surface area contributed by atoms with Gasteiger partial charge in [-0.15, -0.1) is 0 Å². The fourth-order valence-electron chi connectivity index (χ4n) is 3.20. The highest BCUT2D eigenvalue weighted by atomic mass is 32.2. The van der Waals surface area contributed by atoms with Crippen LogP contribution in [-0.4, -0.2) is 89.0 Å². The van der Waals surface area contributed by atoms with Gasteiger partial charge < -0.3 is 10.6 Å². The summed E-state index contributed by atoms with van der Waals surface area (Å²) < 4.78 is 85.9. The number of hydrogen-bond donors (Lipinski definition) is 2. The summed E-state index contributed by atoms with van der Waals surface area (Å²) in [5, 5.41) is 6.05. The van der Waals surface area contributed by atoms with E-state index in [1.165, 1.54) is 4.31 Å². The predicted octanol–water partition coefficient (Wildman–Crippen LogP) is -0.251. The van der Waals surface area contributed by atoms with Crippen LogP contribution in [0, 0.1) is 5.92 Å². The van der Waals surface area contributed by atoms with Crippen LogP contribution < -0.4 is 10.6 Å². The van der Waals surface area contributed by atoms with Crippen LogP contribution in [0.25, 0.3) is 0 Å². The van der Waals surface area contributed by atoms with Gasteiger partial charge in [0.05, 0.1) is 5.75 Å². The number of piperidine rings is 1. The predicted molar refractivity (Wildman–Crippen MR) is 98.6 cm³/mol. The van der Waals surface area contributed by atoms with Crippen molar-refractivity contribution in [3.05, 3.63) is 0 Å². The Morgan fingerprint density at radius 3 is 2.32 bits per heavy atom. The minimum absolute atomic E-state index is 0.0113. The molecule has 0 bridgehead atoms. The van der Waals surface area contributed by atoms with Crippen LogP contribution in [0.4, 0.5) is 13.2 Å². The van der Waals surface area contributed by atoms with E-state index < -0.39 is 25.6 Å². The van der Waals surface area contributed by atoms with Gasteiger partial charge in [-0.2, -0.15) is 17.5 Å². The van der Waals surface area contributed by atoms with Crippen LogP contribution in [0.15, 0.2) is 4.99 Å². The van der Waals surface area contributed by atoms with Crippen molar-refractivity contribution in [1.82, 2.24) is 19.2 Å². The lowest BCUT2D eigenvalue weighted by Gasteiger charge is -2.31. The number of nitrogens with zero attached hydrogens (tertiary/aromatic N) is 3. The first-order chi connectivity index (χ1) is 13.0. The molecule has 0 saturated carbocycles. The van der Waals surface area contributed by atoms with E-state index in [4.69, 9.17) is 0 Å². The van der Waals surface area contributed by atoms with Gasteiger partial charge in [-0.25, -0.2) is 21.1 Å². The summed E-state index contributed by atoms with van der Waals surface area (Å²) in [4.78, 5) is 4.03. The second kappa shape index (κ2) is 9.13. The zero-order valence-corrected chi connectivity index (χ0v) is 17.2. The van der Waals surface area contributed by atoms with Crippen molar-refractivity contribution in [2.75, 3.05) is 52.1 Å². The van der Waals surface area contributed by atoms with Crippen molar-refractivity contribution in [2.24, 2.45) is 10.9 Å². The van der Waals surface area contributed by atoms with Crippen LogP contribution in [0.3, 0.4) is 0 Å². The second-order valence-corrected chi connectivity index (χ2v) is 10.8. The highest BCUT2D eigenvalue weighted by Gasteiger charge is 2.50. The third-order valence-electron chi connectivity index (χ3n) is 4.84. The van der Waals surface area contributed by atoms with Gasteiger partial charge in [0.2, 0.25) is 10.0 Å². The fourth-order valence-corrected chi connectivity index (χ4v) is 5.72. The molecule has 9 nitrogen and oxygen atoms in total.